The van der Waals surface area contributed by atoms with Gasteiger partial charge in [-0.05, 0) is 76.5 Å². The number of benzene rings is 1. The normalized spacial score (nSPS) is 17.8. The molecule has 0 radical (unpaired) electrons. The van der Waals surface area contributed by atoms with Crippen molar-refractivity contribution < 1.29 is 4.79 Å². The standard InChI is InChI=1S/C22H31N7O/c1-28(2)14-29-11-9-16(10-12-29)15-3-5-18(6-4-15)26-22-24-13-19(20(23)30)21(27-22)25-17-7-8-17/h3-6,13,16-17H,7-12,14H2,1-2H3,(H2,23,30)(H2,24,25,26,27). The number of amides is 1. The first-order chi connectivity index (χ1) is 14.5. The zero-order chi connectivity index (χ0) is 21.1. The molecule has 8 heteroatoms. The van der Waals surface area contributed by atoms with Crippen LogP contribution < -0.4 is 16.4 Å². The lowest BCUT2D eigenvalue weighted by atomic mass is 9.89. The Balaban J connectivity index is 1.38. The quantitative estimate of drug-likeness (QED) is 0.616. The molecule has 1 aromatic heterocycles. The molecule has 0 spiro atoms. The maximum atomic E-state index is 11.6. The molecule has 0 bridgehead atoms. The van der Waals surface area contributed by atoms with Crippen molar-refractivity contribution in [2.75, 3.05) is 44.5 Å². The highest BCUT2D eigenvalue weighted by Crippen LogP contribution is 2.30. The third-order valence-corrected chi connectivity index (χ3v) is 5.68. The Hall–Kier alpha value is -2.71. The predicted octanol–water partition coefficient (Wildman–Crippen LogP) is 2.59. The average Bonchev–Trinajstić information content (AvgIpc) is 3.53. The molecular weight excluding hydrogens is 378 g/mol. The first-order valence-corrected chi connectivity index (χ1v) is 10.7. The summed E-state index contributed by atoms with van der Waals surface area (Å²) in [4.78, 5) is 25.1. The van der Waals surface area contributed by atoms with Crippen LogP contribution in [0.15, 0.2) is 30.5 Å². The first-order valence-electron chi connectivity index (χ1n) is 10.7. The molecular formula is C22H31N7O. The van der Waals surface area contributed by atoms with Crippen molar-refractivity contribution in [2.24, 2.45) is 5.73 Å². The molecule has 160 valence electrons. The maximum absolute atomic E-state index is 11.6. The second-order valence-electron chi connectivity index (χ2n) is 8.60. The van der Waals surface area contributed by atoms with Crippen LogP contribution in [-0.4, -0.2) is 65.6 Å². The Bertz CT molecular complexity index is 872. The van der Waals surface area contributed by atoms with Gasteiger partial charge in [0.1, 0.15) is 5.82 Å². The molecule has 2 aliphatic rings. The first kappa shape index (κ1) is 20.6. The lowest BCUT2D eigenvalue weighted by molar-refractivity contribution is 0.100. The number of anilines is 3. The summed E-state index contributed by atoms with van der Waals surface area (Å²) in [6.45, 7) is 3.31. The van der Waals surface area contributed by atoms with Crippen LogP contribution in [0.25, 0.3) is 0 Å². The van der Waals surface area contributed by atoms with Crippen LogP contribution in [0.5, 0.6) is 0 Å². The highest BCUT2D eigenvalue weighted by Gasteiger charge is 2.24. The van der Waals surface area contributed by atoms with E-state index in [9.17, 15) is 4.79 Å². The molecule has 2 fully saturated rings. The van der Waals surface area contributed by atoms with Gasteiger partial charge in [0.2, 0.25) is 5.95 Å². The van der Waals surface area contributed by atoms with Gasteiger partial charge in [0.05, 0.1) is 12.2 Å². The number of rotatable bonds is 8. The van der Waals surface area contributed by atoms with Crippen LogP contribution >= 0.6 is 0 Å². The Labute approximate surface area is 177 Å². The lowest BCUT2D eigenvalue weighted by Gasteiger charge is -2.33. The molecule has 1 saturated heterocycles. The zero-order valence-corrected chi connectivity index (χ0v) is 17.8. The lowest BCUT2D eigenvalue weighted by Crippen LogP contribution is -2.39. The summed E-state index contributed by atoms with van der Waals surface area (Å²) in [5, 5.41) is 6.50. The minimum absolute atomic E-state index is 0.323. The largest absolute Gasteiger partial charge is 0.367 e. The fourth-order valence-electron chi connectivity index (χ4n) is 3.93. The number of hydrogen-bond donors (Lipinski definition) is 3. The molecule has 1 saturated carbocycles. The van der Waals surface area contributed by atoms with E-state index in [0.717, 1.165) is 38.3 Å². The highest BCUT2D eigenvalue weighted by molar-refractivity contribution is 5.97. The van der Waals surface area contributed by atoms with Gasteiger partial charge in [-0.15, -0.1) is 0 Å². The van der Waals surface area contributed by atoms with E-state index in [2.05, 4.69) is 68.8 Å². The topological polar surface area (TPSA) is 99.4 Å². The molecule has 0 atom stereocenters. The number of hydrogen-bond acceptors (Lipinski definition) is 7. The Morgan fingerprint density at radius 1 is 1.17 bits per heavy atom. The number of nitrogens with zero attached hydrogens (tertiary/aromatic N) is 4. The number of piperidine rings is 1. The van der Waals surface area contributed by atoms with Gasteiger partial charge in [0.25, 0.3) is 5.91 Å². The SMILES string of the molecule is CN(C)CN1CCC(c2ccc(Nc3ncc(C(N)=O)c(NC4CC4)n3)cc2)CC1. The van der Waals surface area contributed by atoms with Crippen molar-refractivity contribution in [1.29, 1.82) is 0 Å². The predicted molar refractivity (Wildman–Crippen MR) is 119 cm³/mol. The number of nitrogens with one attached hydrogen (secondary N) is 2. The summed E-state index contributed by atoms with van der Waals surface area (Å²) in [5.74, 6) is 1.04. The van der Waals surface area contributed by atoms with Crippen molar-refractivity contribution in [3.05, 3.63) is 41.6 Å². The molecule has 1 aliphatic heterocycles. The maximum Gasteiger partial charge on any atom is 0.254 e. The smallest absolute Gasteiger partial charge is 0.254 e. The summed E-state index contributed by atoms with van der Waals surface area (Å²) < 4.78 is 0. The summed E-state index contributed by atoms with van der Waals surface area (Å²) in [5.41, 5.74) is 8.08. The second kappa shape index (κ2) is 8.97. The Morgan fingerprint density at radius 3 is 2.47 bits per heavy atom. The summed E-state index contributed by atoms with van der Waals surface area (Å²) in [6, 6.07) is 8.89. The van der Waals surface area contributed by atoms with E-state index in [0.29, 0.717) is 29.3 Å². The van der Waals surface area contributed by atoms with Crippen molar-refractivity contribution in [3.63, 3.8) is 0 Å². The minimum Gasteiger partial charge on any atom is -0.367 e. The number of aromatic nitrogens is 2. The number of carbonyl (C=O) groups is 1. The summed E-state index contributed by atoms with van der Waals surface area (Å²) >= 11 is 0. The number of likely N-dealkylation sites (tertiary alicyclic amines) is 1. The second-order valence-corrected chi connectivity index (χ2v) is 8.60. The van der Waals surface area contributed by atoms with Crippen molar-refractivity contribution >= 4 is 23.4 Å². The number of nitrogens with two attached hydrogens (primary N) is 1. The molecule has 4 rings (SSSR count). The fraction of sp³-hybridized carbons (Fsp3) is 0.500. The van der Waals surface area contributed by atoms with E-state index in [1.165, 1.54) is 24.6 Å². The molecule has 1 aromatic carbocycles. The molecule has 2 heterocycles. The van der Waals surface area contributed by atoms with E-state index in [4.69, 9.17) is 5.73 Å². The minimum atomic E-state index is -0.523. The van der Waals surface area contributed by atoms with Gasteiger partial charge < -0.3 is 16.4 Å². The Kier molecular flexibility index (Phi) is 6.15. The van der Waals surface area contributed by atoms with Gasteiger partial charge in [0.15, 0.2) is 0 Å². The van der Waals surface area contributed by atoms with Crippen LogP contribution in [0.3, 0.4) is 0 Å². The molecule has 2 aromatic rings. The van der Waals surface area contributed by atoms with Crippen LogP contribution in [0.2, 0.25) is 0 Å². The number of primary amides is 1. The van der Waals surface area contributed by atoms with Gasteiger partial charge in [-0.25, -0.2) is 4.98 Å². The molecule has 4 N–H and O–H groups in total. The van der Waals surface area contributed by atoms with Crippen LogP contribution in [0.1, 0.15) is 47.5 Å². The van der Waals surface area contributed by atoms with Gasteiger partial charge in [0, 0.05) is 17.9 Å². The van der Waals surface area contributed by atoms with E-state index in [1.54, 1.807) is 0 Å². The van der Waals surface area contributed by atoms with Crippen LogP contribution in [-0.2, 0) is 0 Å². The summed E-state index contributed by atoms with van der Waals surface area (Å²) in [7, 11) is 4.24. The van der Waals surface area contributed by atoms with E-state index >= 15 is 0 Å². The molecule has 1 amide bonds. The van der Waals surface area contributed by atoms with Crippen molar-refractivity contribution in [1.82, 2.24) is 19.8 Å². The van der Waals surface area contributed by atoms with E-state index in [1.807, 2.05) is 0 Å². The highest BCUT2D eigenvalue weighted by atomic mass is 16.1. The molecule has 1 aliphatic carbocycles. The average molecular weight is 410 g/mol. The molecule has 0 unspecified atom stereocenters. The third-order valence-electron chi connectivity index (χ3n) is 5.68. The Morgan fingerprint density at radius 2 is 1.87 bits per heavy atom. The van der Waals surface area contributed by atoms with Crippen LogP contribution in [0.4, 0.5) is 17.5 Å². The van der Waals surface area contributed by atoms with Gasteiger partial charge >= 0.3 is 0 Å². The van der Waals surface area contributed by atoms with Gasteiger partial charge in [-0.3, -0.25) is 14.6 Å². The molecule has 30 heavy (non-hydrogen) atoms. The third kappa shape index (κ3) is 5.25. The summed E-state index contributed by atoms with van der Waals surface area (Å²) in [6.07, 6.45) is 6.03. The monoisotopic (exact) mass is 409 g/mol. The van der Waals surface area contributed by atoms with Gasteiger partial charge in [-0.2, -0.15) is 4.98 Å². The van der Waals surface area contributed by atoms with Gasteiger partial charge in [-0.1, -0.05) is 12.1 Å². The van der Waals surface area contributed by atoms with Crippen molar-refractivity contribution in [3.8, 4) is 0 Å². The van der Waals surface area contributed by atoms with E-state index < -0.39 is 5.91 Å². The zero-order valence-electron chi connectivity index (χ0n) is 17.8. The van der Waals surface area contributed by atoms with Crippen LogP contribution in [0, 0.1) is 0 Å². The molecule has 8 nitrogen and oxygen atoms in total. The fourth-order valence-corrected chi connectivity index (χ4v) is 3.93. The van der Waals surface area contributed by atoms with Crippen molar-refractivity contribution in [2.45, 2.75) is 37.6 Å². The van der Waals surface area contributed by atoms with E-state index in [-0.39, 0.29) is 0 Å². The number of carbonyl (C=O) groups excluding carboxylic acids is 1.